The maximum absolute atomic E-state index is 14.7. The number of halogens is 1. The van der Waals surface area contributed by atoms with E-state index in [1.807, 2.05) is 0 Å². The SMILES string of the molecule is CCOC(=O)N1CCN(C(=O)C(CCC(=O)O)c2nc3cc(C)c(F)cc3c(OC3(C(=O)O)CCC3)c2C(N)=O)CC1. The van der Waals surface area contributed by atoms with Gasteiger partial charge in [-0.15, -0.1) is 0 Å². The topological polar surface area (TPSA) is 190 Å². The number of nitrogens with two attached hydrogens (primary N) is 1. The molecule has 0 radical (unpaired) electrons. The van der Waals surface area contributed by atoms with Crippen molar-refractivity contribution in [2.45, 2.75) is 57.5 Å². The van der Waals surface area contributed by atoms with Crippen molar-refractivity contribution in [2.24, 2.45) is 5.73 Å². The average molecular weight is 589 g/mol. The summed E-state index contributed by atoms with van der Waals surface area (Å²) in [5.41, 5.74) is 3.80. The molecule has 1 aliphatic carbocycles. The van der Waals surface area contributed by atoms with Crippen LogP contribution in [0.4, 0.5) is 9.18 Å². The van der Waals surface area contributed by atoms with Crippen LogP contribution in [0, 0.1) is 12.7 Å². The van der Waals surface area contributed by atoms with E-state index in [1.165, 1.54) is 22.8 Å². The standard InChI is InChI=1S/C28H33FN4O9/c1-3-41-27(40)33-11-9-32(10-12-33)25(37)16(5-6-20(34)35)22-21(24(30)36)23(42-28(26(38)39)7-4-8-28)17-14-18(29)15(2)13-19(17)31-22/h13-14,16H,3-12H2,1-2H3,(H2,30,36)(H,34,35)(H,38,39). The number of nitrogens with zero attached hydrogens (tertiary/aromatic N) is 3. The molecule has 0 bridgehead atoms. The third-order valence-electron chi connectivity index (χ3n) is 7.73. The molecule has 2 aliphatic rings. The molecule has 1 aliphatic heterocycles. The van der Waals surface area contributed by atoms with Gasteiger partial charge in [0.05, 0.1) is 23.7 Å². The number of ether oxygens (including phenoxy) is 2. The van der Waals surface area contributed by atoms with Crippen molar-refractivity contribution >= 4 is 40.7 Å². The van der Waals surface area contributed by atoms with Gasteiger partial charge in [-0.1, -0.05) is 0 Å². The Morgan fingerprint density at radius 2 is 1.74 bits per heavy atom. The summed E-state index contributed by atoms with van der Waals surface area (Å²) in [7, 11) is 0. The zero-order chi connectivity index (χ0) is 30.8. The minimum absolute atomic E-state index is 0.00402. The molecule has 3 amide bonds. The Labute approximate surface area is 240 Å². The van der Waals surface area contributed by atoms with Crippen LogP contribution in [0.25, 0.3) is 10.9 Å². The highest BCUT2D eigenvalue weighted by Crippen LogP contribution is 2.43. The fraction of sp³-hybridized carbons (Fsp3) is 0.500. The zero-order valence-corrected chi connectivity index (χ0v) is 23.4. The Morgan fingerprint density at radius 1 is 1.10 bits per heavy atom. The van der Waals surface area contributed by atoms with Gasteiger partial charge in [0.15, 0.2) is 0 Å². The summed E-state index contributed by atoms with van der Waals surface area (Å²) >= 11 is 0. The molecule has 4 N–H and O–H groups in total. The van der Waals surface area contributed by atoms with Crippen molar-refractivity contribution in [2.75, 3.05) is 32.8 Å². The molecule has 13 nitrogen and oxygen atoms in total. The lowest BCUT2D eigenvalue weighted by Gasteiger charge is -2.39. The molecule has 1 unspecified atom stereocenters. The number of benzene rings is 1. The molecule has 2 aromatic rings. The number of primary amides is 1. The van der Waals surface area contributed by atoms with Gasteiger partial charge in [-0.3, -0.25) is 19.4 Å². The number of aromatic nitrogens is 1. The van der Waals surface area contributed by atoms with E-state index in [0.717, 1.165) is 6.07 Å². The molecule has 226 valence electrons. The number of hydrogen-bond acceptors (Lipinski definition) is 8. The summed E-state index contributed by atoms with van der Waals surface area (Å²) in [5.74, 6) is -6.41. The van der Waals surface area contributed by atoms with Crippen LogP contribution < -0.4 is 10.5 Å². The summed E-state index contributed by atoms with van der Waals surface area (Å²) in [6.07, 6.45) is -0.463. The predicted molar refractivity (Wildman–Crippen MR) is 145 cm³/mol. The first-order chi connectivity index (χ1) is 19.9. The summed E-state index contributed by atoms with van der Waals surface area (Å²) in [6, 6.07) is 2.44. The van der Waals surface area contributed by atoms with Crippen molar-refractivity contribution < 1.29 is 48.0 Å². The van der Waals surface area contributed by atoms with E-state index in [4.69, 9.17) is 15.2 Å². The van der Waals surface area contributed by atoms with Crippen molar-refractivity contribution in [3.8, 4) is 5.75 Å². The van der Waals surface area contributed by atoms with Crippen LogP contribution in [0.2, 0.25) is 0 Å². The van der Waals surface area contributed by atoms with Gasteiger partial charge in [0, 0.05) is 38.0 Å². The third kappa shape index (κ3) is 5.92. The largest absolute Gasteiger partial charge is 0.481 e. The third-order valence-corrected chi connectivity index (χ3v) is 7.73. The first-order valence-electron chi connectivity index (χ1n) is 13.7. The molecule has 1 saturated carbocycles. The Balaban J connectivity index is 1.84. The van der Waals surface area contributed by atoms with Crippen molar-refractivity contribution in [3.63, 3.8) is 0 Å². The highest BCUT2D eigenvalue weighted by Gasteiger charge is 2.48. The van der Waals surface area contributed by atoms with Crippen molar-refractivity contribution in [1.29, 1.82) is 0 Å². The van der Waals surface area contributed by atoms with Gasteiger partial charge in [0.2, 0.25) is 11.5 Å². The van der Waals surface area contributed by atoms with Gasteiger partial charge in [-0.2, -0.15) is 0 Å². The molecule has 1 saturated heterocycles. The molecular formula is C28H33FN4O9. The molecule has 2 heterocycles. The maximum Gasteiger partial charge on any atom is 0.409 e. The minimum atomic E-state index is -1.69. The quantitative estimate of drug-likeness (QED) is 0.372. The number of carboxylic acid groups (broad SMARTS) is 2. The van der Waals surface area contributed by atoms with Gasteiger partial charge >= 0.3 is 18.0 Å². The van der Waals surface area contributed by atoms with Gasteiger partial charge < -0.3 is 35.2 Å². The number of hydrogen-bond donors (Lipinski definition) is 3. The number of aliphatic carboxylic acids is 2. The van der Waals surface area contributed by atoms with Crippen LogP contribution >= 0.6 is 0 Å². The molecular weight excluding hydrogens is 555 g/mol. The second-order valence-corrected chi connectivity index (χ2v) is 10.4. The fourth-order valence-electron chi connectivity index (χ4n) is 5.22. The van der Waals surface area contributed by atoms with Gasteiger partial charge in [0.25, 0.3) is 5.91 Å². The molecule has 4 rings (SSSR count). The summed E-state index contributed by atoms with van der Waals surface area (Å²) in [5, 5.41) is 19.4. The number of piperazine rings is 1. The van der Waals surface area contributed by atoms with Crippen LogP contribution in [-0.4, -0.2) is 93.2 Å². The molecule has 42 heavy (non-hydrogen) atoms. The monoisotopic (exact) mass is 588 g/mol. The number of carbonyl (C=O) groups is 5. The highest BCUT2D eigenvalue weighted by molar-refractivity contribution is 6.05. The highest BCUT2D eigenvalue weighted by atomic mass is 19.1. The van der Waals surface area contributed by atoms with Crippen molar-refractivity contribution in [3.05, 3.63) is 34.8 Å². The fourth-order valence-corrected chi connectivity index (χ4v) is 5.22. The molecule has 14 heteroatoms. The summed E-state index contributed by atoms with van der Waals surface area (Å²) in [4.78, 5) is 70.2. The lowest BCUT2D eigenvalue weighted by atomic mass is 9.80. The van der Waals surface area contributed by atoms with Gasteiger partial charge in [-0.05, 0) is 57.2 Å². The first-order valence-corrected chi connectivity index (χ1v) is 13.7. The van der Waals surface area contributed by atoms with E-state index in [9.17, 15) is 38.6 Å². The van der Waals surface area contributed by atoms with E-state index in [-0.39, 0.29) is 80.0 Å². The normalized spacial score (nSPS) is 16.8. The van der Waals surface area contributed by atoms with Crippen LogP contribution in [-0.2, 0) is 19.1 Å². The second-order valence-electron chi connectivity index (χ2n) is 10.4. The molecule has 2 fully saturated rings. The van der Waals surface area contributed by atoms with Crippen LogP contribution in [0.1, 0.15) is 66.6 Å². The molecule has 0 spiro atoms. The zero-order valence-electron chi connectivity index (χ0n) is 23.4. The number of carbonyl (C=O) groups excluding carboxylic acids is 3. The maximum atomic E-state index is 14.7. The first kappa shape index (κ1) is 30.5. The number of amides is 3. The predicted octanol–water partition coefficient (Wildman–Crippen LogP) is 2.42. The molecule has 1 aromatic carbocycles. The summed E-state index contributed by atoms with van der Waals surface area (Å²) < 4.78 is 25.8. The van der Waals surface area contributed by atoms with Crippen LogP contribution in [0.5, 0.6) is 5.75 Å². The molecule has 1 atom stereocenters. The number of carboxylic acids is 2. The molecule has 1 aromatic heterocycles. The van der Waals surface area contributed by atoms with E-state index >= 15 is 0 Å². The number of pyridine rings is 1. The Bertz CT molecular complexity index is 1430. The number of rotatable bonds is 10. The van der Waals surface area contributed by atoms with Crippen LogP contribution in [0.15, 0.2) is 12.1 Å². The lowest BCUT2D eigenvalue weighted by Crippen LogP contribution is -2.52. The van der Waals surface area contributed by atoms with Gasteiger partial charge in [0.1, 0.15) is 17.1 Å². The Morgan fingerprint density at radius 3 is 2.26 bits per heavy atom. The van der Waals surface area contributed by atoms with E-state index in [2.05, 4.69) is 4.98 Å². The van der Waals surface area contributed by atoms with E-state index < -0.39 is 59.2 Å². The van der Waals surface area contributed by atoms with Crippen molar-refractivity contribution in [1.82, 2.24) is 14.8 Å². The number of fused-ring (bicyclic) bond motifs is 1. The van der Waals surface area contributed by atoms with E-state index in [0.29, 0.717) is 6.42 Å². The minimum Gasteiger partial charge on any atom is -0.481 e. The smallest absolute Gasteiger partial charge is 0.409 e. The van der Waals surface area contributed by atoms with E-state index in [1.54, 1.807) is 6.92 Å². The number of aryl methyl sites for hydroxylation is 1. The second kappa shape index (κ2) is 12.2. The van der Waals surface area contributed by atoms with Crippen LogP contribution in [0.3, 0.4) is 0 Å². The average Bonchev–Trinajstić information content (AvgIpc) is 2.91. The van der Waals surface area contributed by atoms with Gasteiger partial charge in [-0.25, -0.2) is 14.0 Å². The Kier molecular flexibility index (Phi) is 8.83. The summed E-state index contributed by atoms with van der Waals surface area (Å²) in [6.45, 7) is 3.90. The Hall–Kier alpha value is -4.49. The lowest BCUT2D eigenvalue weighted by molar-refractivity contribution is -0.163.